The molecule has 1 heterocycles. The maximum absolute atomic E-state index is 13.0. The summed E-state index contributed by atoms with van der Waals surface area (Å²) in [6.07, 6.45) is 1.81. The van der Waals surface area contributed by atoms with Gasteiger partial charge in [0.15, 0.2) is 0 Å². The van der Waals surface area contributed by atoms with E-state index in [9.17, 15) is 17.6 Å². The lowest BCUT2D eigenvalue weighted by Gasteiger charge is -2.17. The monoisotopic (exact) mass is 376 g/mol. The van der Waals surface area contributed by atoms with Gasteiger partial charge in [0.25, 0.3) is 5.91 Å². The number of aromatic nitrogens is 1. The highest BCUT2D eigenvalue weighted by molar-refractivity contribution is 7.89. The maximum Gasteiger partial charge on any atom is 0.252 e. The second-order valence-corrected chi connectivity index (χ2v) is 7.41. The highest BCUT2D eigenvalue weighted by Gasteiger charge is 2.26. The highest BCUT2D eigenvalue weighted by atomic mass is 32.2. The molecule has 136 valence electrons. The van der Waals surface area contributed by atoms with E-state index in [1.807, 2.05) is 29.7 Å². The van der Waals surface area contributed by atoms with E-state index >= 15 is 0 Å². The number of hydrogen-bond acceptors (Lipinski definition) is 4. The molecule has 0 bridgehead atoms. The van der Waals surface area contributed by atoms with E-state index in [4.69, 9.17) is 5.84 Å². The Morgan fingerprint density at radius 3 is 2.54 bits per heavy atom. The van der Waals surface area contributed by atoms with Crippen molar-refractivity contribution >= 4 is 26.8 Å². The lowest BCUT2D eigenvalue weighted by Crippen LogP contribution is -2.49. The number of aromatic amines is 1. The fourth-order valence-corrected chi connectivity index (χ4v) is 3.87. The fraction of sp³-hybridized carbons (Fsp3) is 0.118. The molecule has 0 fully saturated rings. The maximum atomic E-state index is 13.0. The van der Waals surface area contributed by atoms with Gasteiger partial charge in [-0.1, -0.05) is 18.2 Å². The number of halogens is 1. The molecule has 26 heavy (non-hydrogen) atoms. The van der Waals surface area contributed by atoms with Crippen LogP contribution >= 0.6 is 0 Å². The Balaban J connectivity index is 1.89. The van der Waals surface area contributed by atoms with E-state index in [-0.39, 0.29) is 11.3 Å². The Morgan fingerprint density at radius 2 is 1.85 bits per heavy atom. The summed E-state index contributed by atoms with van der Waals surface area (Å²) in [5.41, 5.74) is 3.60. The number of sulfonamides is 1. The zero-order valence-corrected chi connectivity index (χ0v) is 14.4. The molecule has 3 rings (SSSR count). The van der Waals surface area contributed by atoms with Gasteiger partial charge in [-0.2, -0.15) is 4.72 Å². The number of fused-ring (bicyclic) bond motifs is 1. The Morgan fingerprint density at radius 1 is 1.15 bits per heavy atom. The summed E-state index contributed by atoms with van der Waals surface area (Å²) in [6, 6.07) is 10.6. The molecule has 9 heteroatoms. The number of H-pyrrole nitrogens is 1. The molecule has 7 nitrogen and oxygen atoms in total. The predicted octanol–water partition coefficient (Wildman–Crippen LogP) is 1.19. The summed E-state index contributed by atoms with van der Waals surface area (Å²) >= 11 is 0. The molecule has 1 amide bonds. The van der Waals surface area contributed by atoms with E-state index in [0.717, 1.165) is 40.7 Å². The minimum absolute atomic E-state index is 0.0907. The van der Waals surface area contributed by atoms with Crippen LogP contribution in [0.25, 0.3) is 10.9 Å². The summed E-state index contributed by atoms with van der Waals surface area (Å²) in [6.45, 7) is 0. The first-order valence-electron chi connectivity index (χ1n) is 7.74. The minimum Gasteiger partial charge on any atom is -0.361 e. The minimum atomic E-state index is -4.03. The van der Waals surface area contributed by atoms with Crippen molar-refractivity contribution in [3.8, 4) is 0 Å². The third-order valence-electron chi connectivity index (χ3n) is 3.98. The first-order valence-corrected chi connectivity index (χ1v) is 9.22. The number of hydrazine groups is 1. The van der Waals surface area contributed by atoms with Crippen molar-refractivity contribution in [2.45, 2.75) is 17.4 Å². The molecule has 0 aliphatic carbocycles. The number of benzene rings is 2. The molecule has 0 saturated heterocycles. The summed E-state index contributed by atoms with van der Waals surface area (Å²) in [4.78, 5) is 15.0. The van der Waals surface area contributed by atoms with Gasteiger partial charge < -0.3 is 4.98 Å². The Hall–Kier alpha value is -2.75. The van der Waals surface area contributed by atoms with Gasteiger partial charge in [0.1, 0.15) is 11.9 Å². The van der Waals surface area contributed by atoms with Crippen LogP contribution in [0.15, 0.2) is 59.6 Å². The van der Waals surface area contributed by atoms with Gasteiger partial charge in [-0.05, 0) is 42.3 Å². The quantitative estimate of drug-likeness (QED) is 0.294. The number of para-hydroxylation sites is 1. The lowest BCUT2D eigenvalue weighted by molar-refractivity contribution is -0.122. The number of hydrogen-bond donors (Lipinski definition) is 4. The van der Waals surface area contributed by atoms with Crippen LogP contribution in [-0.2, 0) is 21.2 Å². The topological polar surface area (TPSA) is 117 Å². The van der Waals surface area contributed by atoms with Crippen molar-refractivity contribution < 1.29 is 17.6 Å². The molecular formula is C17H17FN4O3S. The van der Waals surface area contributed by atoms with Gasteiger partial charge in [-0.3, -0.25) is 10.2 Å². The van der Waals surface area contributed by atoms with E-state index in [1.54, 1.807) is 6.20 Å². The molecule has 0 radical (unpaired) electrons. The van der Waals surface area contributed by atoms with Crippen molar-refractivity contribution in [1.29, 1.82) is 0 Å². The summed E-state index contributed by atoms with van der Waals surface area (Å²) < 4.78 is 40.4. The summed E-state index contributed by atoms with van der Waals surface area (Å²) in [5, 5.41) is 0.878. The molecule has 1 aromatic heterocycles. The molecule has 3 aromatic rings. The van der Waals surface area contributed by atoms with E-state index < -0.39 is 27.8 Å². The number of carbonyl (C=O) groups excluding carboxylic acids is 1. The van der Waals surface area contributed by atoms with Crippen LogP contribution in [0.5, 0.6) is 0 Å². The molecule has 0 saturated carbocycles. The van der Waals surface area contributed by atoms with Crippen molar-refractivity contribution in [2.75, 3.05) is 0 Å². The van der Waals surface area contributed by atoms with E-state index in [2.05, 4.69) is 9.71 Å². The van der Waals surface area contributed by atoms with Crippen molar-refractivity contribution in [1.82, 2.24) is 15.1 Å². The predicted molar refractivity (Wildman–Crippen MR) is 94.8 cm³/mol. The third kappa shape index (κ3) is 3.74. The Labute approximate surface area is 149 Å². The molecule has 0 aliphatic heterocycles. The Kier molecular flexibility index (Phi) is 5.03. The molecule has 1 atom stereocenters. The molecule has 0 spiro atoms. The van der Waals surface area contributed by atoms with Gasteiger partial charge in [-0.25, -0.2) is 18.7 Å². The van der Waals surface area contributed by atoms with Crippen LogP contribution in [-0.4, -0.2) is 25.4 Å². The van der Waals surface area contributed by atoms with Crippen molar-refractivity contribution in [3.05, 3.63) is 66.1 Å². The Bertz CT molecular complexity index is 1030. The molecule has 1 unspecified atom stereocenters. The van der Waals surface area contributed by atoms with E-state index in [1.165, 1.54) is 0 Å². The standard InChI is InChI=1S/C17H17FN4O3S/c18-12-5-7-13(8-6-12)26(24,25)22-16(17(23)21-19)9-11-10-20-15-4-2-1-3-14(11)15/h1-8,10,16,20,22H,9,19H2,(H,21,23). The molecule has 5 N–H and O–H groups in total. The van der Waals surface area contributed by atoms with Gasteiger partial charge >= 0.3 is 0 Å². The smallest absolute Gasteiger partial charge is 0.252 e. The van der Waals surface area contributed by atoms with Crippen LogP contribution < -0.4 is 16.0 Å². The van der Waals surface area contributed by atoms with Crippen molar-refractivity contribution in [2.24, 2.45) is 5.84 Å². The SMILES string of the molecule is NNC(=O)C(Cc1c[nH]c2ccccc12)NS(=O)(=O)c1ccc(F)cc1. The number of carbonyl (C=O) groups is 1. The van der Waals surface area contributed by atoms with Gasteiger partial charge in [-0.15, -0.1) is 0 Å². The van der Waals surface area contributed by atoms with Crippen LogP contribution in [0.1, 0.15) is 5.56 Å². The van der Waals surface area contributed by atoms with Gasteiger partial charge in [0.2, 0.25) is 10.0 Å². The summed E-state index contributed by atoms with van der Waals surface area (Å²) in [7, 11) is -4.03. The van der Waals surface area contributed by atoms with Gasteiger partial charge in [0, 0.05) is 17.1 Å². The first kappa shape index (κ1) is 18.1. The van der Waals surface area contributed by atoms with Crippen LogP contribution in [0, 0.1) is 5.82 Å². The average Bonchev–Trinajstić information content (AvgIpc) is 3.04. The largest absolute Gasteiger partial charge is 0.361 e. The van der Waals surface area contributed by atoms with E-state index in [0.29, 0.717) is 0 Å². The average molecular weight is 376 g/mol. The van der Waals surface area contributed by atoms with Gasteiger partial charge in [0.05, 0.1) is 4.90 Å². The third-order valence-corrected chi connectivity index (χ3v) is 5.47. The van der Waals surface area contributed by atoms with Crippen molar-refractivity contribution in [3.63, 3.8) is 0 Å². The number of nitrogens with two attached hydrogens (primary N) is 1. The zero-order chi connectivity index (χ0) is 18.7. The van der Waals surface area contributed by atoms with Crippen LogP contribution in [0.2, 0.25) is 0 Å². The lowest BCUT2D eigenvalue weighted by atomic mass is 10.1. The number of amides is 1. The highest BCUT2D eigenvalue weighted by Crippen LogP contribution is 2.20. The second kappa shape index (κ2) is 7.24. The molecule has 0 aliphatic rings. The molecular weight excluding hydrogens is 359 g/mol. The van der Waals surface area contributed by atoms with Crippen LogP contribution in [0.4, 0.5) is 4.39 Å². The second-order valence-electron chi connectivity index (χ2n) is 5.70. The number of rotatable bonds is 6. The zero-order valence-electron chi connectivity index (χ0n) is 13.6. The van der Waals surface area contributed by atoms with Crippen LogP contribution in [0.3, 0.4) is 0 Å². The molecule has 2 aromatic carbocycles. The number of nitrogens with one attached hydrogen (secondary N) is 3. The first-order chi connectivity index (χ1) is 12.4. The fourth-order valence-electron chi connectivity index (χ4n) is 2.68. The summed E-state index contributed by atoms with van der Waals surface area (Å²) in [5.74, 6) is 3.96. The normalized spacial score (nSPS) is 12.8.